The molecule has 112 valence electrons. The fourth-order valence-electron chi connectivity index (χ4n) is 2.40. The van der Waals surface area contributed by atoms with Crippen LogP contribution in [0.4, 0.5) is 4.39 Å². The number of hydrogen-bond acceptors (Lipinski definition) is 2. The number of likely N-dealkylation sites (N-methyl/N-ethyl adjacent to an activating group) is 1. The lowest BCUT2D eigenvalue weighted by molar-refractivity contribution is 0.479. The van der Waals surface area contributed by atoms with Crippen molar-refractivity contribution < 1.29 is 4.39 Å². The predicted molar refractivity (Wildman–Crippen MR) is 85.1 cm³/mol. The molecular formula is C17H20ClFN2. The molecule has 0 aliphatic heterocycles. The second-order valence-electron chi connectivity index (χ2n) is 5.09. The zero-order valence-electron chi connectivity index (χ0n) is 12.2. The maximum absolute atomic E-state index is 13.9. The van der Waals surface area contributed by atoms with Crippen LogP contribution < -0.4 is 5.32 Å². The Labute approximate surface area is 130 Å². The fourth-order valence-corrected chi connectivity index (χ4v) is 2.56. The largest absolute Gasteiger partial charge is 0.314 e. The minimum Gasteiger partial charge on any atom is -0.314 e. The summed E-state index contributed by atoms with van der Waals surface area (Å²) < 4.78 is 13.9. The van der Waals surface area contributed by atoms with Gasteiger partial charge in [-0.25, -0.2) is 4.39 Å². The van der Waals surface area contributed by atoms with Crippen LogP contribution in [-0.4, -0.2) is 17.6 Å². The fraction of sp³-hybridized carbons (Fsp3) is 0.353. The molecule has 2 aromatic rings. The summed E-state index contributed by atoms with van der Waals surface area (Å²) in [5.74, 6) is -0.230. The Morgan fingerprint density at radius 3 is 2.86 bits per heavy atom. The second-order valence-corrected chi connectivity index (χ2v) is 5.53. The quantitative estimate of drug-likeness (QED) is 0.835. The highest BCUT2D eigenvalue weighted by molar-refractivity contribution is 6.30. The zero-order valence-corrected chi connectivity index (χ0v) is 12.9. The summed E-state index contributed by atoms with van der Waals surface area (Å²) in [6.07, 6.45) is 6.19. The number of hydrogen-bond donors (Lipinski definition) is 1. The van der Waals surface area contributed by atoms with Crippen LogP contribution >= 0.6 is 11.6 Å². The van der Waals surface area contributed by atoms with Crippen LogP contribution in [0.3, 0.4) is 0 Å². The monoisotopic (exact) mass is 306 g/mol. The van der Waals surface area contributed by atoms with E-state index >= 15 is 0 Å². The predicted octanol–water partition coefficient (Wildman–Crippen LogP) is 4.03. The summed E-state index contributed by atoms with van der Waals surface area (Å²) in [7, 11) is 0. The second kappa shape index (κ2) is 8.11. The van der Waals surface area contributed by atoms with Crippen molar-refractivity contribution in [3.63, 3.8) is 0 Å². The lowest BCUT2D eigenvalue weighted by Crippen LogP contribution is -2.31. The molecule has 1 atom stereocenters. The van der Waals surface area contributed by atoms with E-state index in [-0.39, 0.29) is 11.9 Å². The number of nitrogens with one attached hydrogen (secondary N) is 1. The van der Waals surface area contributed by atoms with Gasteiger partial charge in [-0.05, 0) is 55.1 Å². The minimum atomic E-state index is -0.230. The zero-order chi connectivity index (χ0) is 15.1. The third kappa shape index (κ3) is 5.10. The van der Waals surface area contributed by atoms with Gasteiger partial charge in [0.25, 0.3) is 0 Å². The average molecular weight is 307 g/mol. The number of pyridine rings is 1. The van der Waals surface area contributed by atoms with Crippen molar-refractivity contribution in [1.29, 1.82) is 0 Å². The highest BCUT2D eigenvalue weighted by Gasteiger charge is 2.12. The van der Waals surface area contributed by atoms with Gasteiger partial charge in [0.05, 0.1) is 0 Å². The number of nitrogens with zero attached hydrogens (tertiary/aromatic N) is 1. The first-order valence-corrected chi connectivity index (χ1v) is 7.63. The standard InChI is InChI=1S/C17H20ClFN2/c1-2-21-16(8-5-13-4-3-9-20-12-13)10-14-6-7-15(18)11-17(14)19/h3-4,6-7,9,11-12,16,21H,2,5,8,10H2,1H3. The van der Waals surface area contributed by atoms with E-state index in [1.165, 1.54) is 11.6 Å². The molecule has 0 saturated heterocycles. The molecular weight excluding hydrogens is 287 g/mol. The first kappa shape index (κ1) is 15.9. The molecule has 0 fully saturated rings. The van der Waals surface area contributed by atoms with E-state index in [9.17, 15) is 4.39 Å². The number of halogens is 2. The molecule has 1 unspecified atom stereocenters. The van der Waals surface area contributed by atoms with Gasteiger partial charge in [-0.1, -0.05) is 30.7 Å². The summed E-state index contributed by atoms with van der Waals surface area (Å²) in [6.45, 7) is 2.93. The smallest absolute Gasteiger partial charge is 0.127 e. The van der Waals surface area contributed by atoms with E-state index < -0.39 is 0 Å². The Kier molecular flexibility index (Phi) is 6.15. The third-order valence-corrected chi connectivity index (χ3v) is 3.71. The normalized spacial score (nSPS) is 12.3. The first-order valence-electron chi connectivity index (χ1n) is 7.25. The van der Waals surface area contributed by atoms with Crippen molar-refractivity contribution in [1.82, 2.24) is 10.3 Å². The van der Waals surface area contributed by atoms with Crippen LogP contribution in [0.1, 0.15) is 24.5 Å². The molecule has 21 heavy (non-hydrogen) atoms. The molecule has 1 aromatic carbocycles. The number of rotatable bonds is 7. The molecule has 4 heteroatoms. The van der Waals surface area contributed by atoms with Gasteiger partial charge >= 0.3 is 0 Å². The molecule has 0 spiro atoms. The molecule has 2 rings (SSSR count). The van der Waals surface area contributed by atoms with Gasteiger partial charge in [-0.2, -0.15) is 0 Å². The van der Waals surface area contributed by atoms with Gasteiger partial charge in [0.2, 0.25) is 0 Å². The Bertz CT molecular complexity index is 560. The number of aromatic nitrogens is 1. The third-order valence-electron chi connectivity index (χ3n) is 3.48. The van der Waals surface area contributed by atoms with Crippen molar-refractivity contribution in [3.8, 4) is 0 Å². The van der Waals surface area contributed by atoms with E-state index in [4.69, 9.17) is 11.6 Å². The molecule has 1 heterocycles. The minimum absolute atomic E-state index is 0.230. The van der Waals surface area contributed by atoms with Crippen molar-refractivity contribution in [3.05, 3.63) is 64.7 Å². The Morgan fingerprint density at radius 2 is 2.19 bits per heavy atom. The maximum Gasteiger partial charge on any atom is 0.127 e. The van der Waals surface area contributed by atoms with E-state index in [1.807, 2.05) is 12.3 Å². The molecule has 0 amide bonds. The molecule has 0 bridgehead atoms. The van der Waals surface area contributed by atoms with Crippen LogP contribution in [-0.2, 0) is 12.8 Å². The summed E-state index contributed by atoms with van der Waals surface area (Å²) in [5.41, 5.74) is 1.91. The highest BCUT2D eigenvalue weighted by atomic mass is 35.5. The molecule has 0 radical (unpaired) electrons. The van der Waals surface area contributed by atoms with Crippen LogP contribution in [0.15, 0.2) is 42.7 Å². The van der Waals surface area contributed by atoms with Gasteiger partial charge in [0.15, 0.2) is 0 Å². The molecule has 0 aliphatic carbocycles. The molecule has 0 saturated carbocycles. The van der Waals surface area contributed by atoms with E-state index in [1.54, 1.807) is 18.3 Å². The maximum atomic E-state index is 13.9. The lowest BCUT2D eigenvalue weighted by Gasteiger charge is -2.18. The topological polar surface area (TPSA) is 24.9 Å². The van der Waals surface area contributed by atoms with Gasteiger partial charge in [0, 0.05) is 23.5 Å². The van der Waals surface area contributed by atoms with Crippen molar-refractivity contribution in [2.24, 2.45) is 0 Å². The van der Waals surface area contributed by atoms with Gasteiger partial charge < -0.3 is 5.32 Å². The van der Waals surface area contributed by atoms with Crippen LogP contribution in [0.5, 0.6) is 0 Å². The van der Waals surface area contributed by atoms with Crippen molar-refractivity contribution >= 4 is 11.6 Å². The summed E-state index contributed by atoms with van der Waals surface area (Å²) in [4.78, 5) is 4.12. The van der Waals surface area contributed by atoms with Crippen molar-refractivity contribution in [2.45, 2.75) is 32.2 Å². The van der Waals surface area contributed by atoms with Gasteiger partial charge in [-0.3, -0.25) is 4.98 Å². The SMILES string of the molecule is CCNC(CCc1cccnc1)Cc1ccc(Cl)cc1F. The van der Waals surface area contributed by atoms with E-state index in [0.717, 1.165) is 19.4 Å². The lowest BCUT2D eigenvalue weighted by atomic mass is 9.99. The molecule has 2 nitrogen and oxygen atoms in total. The van der Waals surface area contributed by atoms with E-state index in [0.29, 0.717) is 17.0 Å². The number of benzene rings is 1. The van der Waals surface area contributed by atoms with Gasteiger partial charge in [-0.15, -0.1) is 0 Å². The molecule has 1 N–H and O–H groups in total. The average Bonchev–Trinajstić information content (AvgIpc) is 2.49. The van der Waals surface area contributed by atoms with Gasteiger partial charge in [0.1, 0.15) is 5.82 Å². The molecule has 1 aromatic heterocycles. The Morgan fingerprint density at radius 1 is 1.33 bits per heavy atom. The summed E-state index contributed by atoms with van der Waals surface area (Å²) in [6, 6.07) is 9.14. The first-order chi connectivity index (χ1) is 10.2. The van der Waals surface area contributed by atoms with Crippen molar-refractivity contribution in [2.75, 3.05) is 6.54 Å². The van der Waals surface area contributed by atoms with Crippen LogP contribution in [0, 0.1) is 5.82 Å². The summed E-state index contributed by atoms with van der Waals surface area (Å²) in [5, 5.41) is 3.86. The van der Waals surface area contributed by atoms with Crippen LogP contribution in [0.2, 0.25) is 5.02 Å². The summed E-state index contributed by atoms with van der Waals surface area (Å²) >= 11 is 5.79. The van der Waals surface area contributed by atoms with E-state index in [2.05, 4.69) is 23.3 Å². The molecule has 0 aliphatic rings. The highest BCUT2D eigenvalue weighted by Crippen LogP contribution is 2.17. The Hall–Kier alpha value is -1.45. The van der Waals surface area contributed by atoms with Crippen LogP contribution in [0.25, 0.3) is 0 Å². The number of aryl methyl sites for hydroxylation is 1. The Balaban J connectivity index is 1.98.